The van der Waals surface area contributed by atoms with Crippen LogP contribution in [0.1, 0.15) is 27.2 Å². The van der Waals surface area contributed by atoms with Gasteiger partial charge in [-0.1, -0.05) is 44.7 Å². The summed E-state index contributed by atoms with van der Waals surface area (Å²) in [6.07, 6.45) is 9.26. The molecule has 0 unspecified atom stereocenters. The first-order valence-electron chi connectivity index (χ1n) is 4.15. The molecule has 0 saturated carbocycles. The fourth-order valence-corrected chi connectivity index (χ4v) is 1.03. The molecule has 0 spiro atoms. The molecule has 0 aromatic rings. The van der Waals surface area contributed by atoms with Crippen molar-refractivity contribution in [2.75, 3.05) is 0 Å². The summed E-state index contributed by atoms with van der Waals surface area (Å²) in [6, 6.07) is 0. The topological polar surface area (TPSA) is 0 Å². The molecule has 0 heterocycles. The van der Waals surface area contributed by atoms with Crippen molar-refractivity contribution >= 4 is 0 Å². The zero-order chi connectivity index (χ0) is 8.69. The van der Waals surface area contributed by atoms with Crippen LogP contribution in [0.25, 0.3) is 0 Å². The predicted molar refractivity (Wildman–Crippen MR) is 52.5 cm³/mol. The lowest BCUT2D eigenvalue weighted by molar-refractivity contribution is 0.650. The number of rotatable bonds is 4. The Kier molecular flexibility index (Phi) is 5.54. The molecular formula is C11H18. The van der Waals surface area contributed by atoms with Crippen molar-refractivity contribution in [1.29, 1.82) is 0 Å². The maximum absolute atomic E-state index is 3.68. The molecule has 0 saturated heterocycles. The van der Waals surface area contributed by atoms with Gasteiger partial charge in [-0.3, -0.25) is 0 Å². The molecule has 0 atom stereocenters. The molecule has 0 aromatic carbocycles. The Labute approximate surface area is 70.3 Å². The largest absolute Gasteiger partial charge is 0.0991 e. The van der Waals surface area contributed by atoms with E-state index < -0.39 is 0 Å². The van der Waals surface area contributed by atoms with Crippen LogP contribution in [0.4, 0.5) is 0 Å². The maximum atomic E-state index is 3.68. The Morgan fingerprint density at radius 1 is 1.45 bits per heavy atom. The van der Waals surface area contributed by atoms with Crippen LogP contribution in [0.15, 0.2) is 36.5 Å². The quantitative estimate of drug-likeness (QED) is 0.536. The van der Waals surface area contributed by atoms with Gasteiger partial charge in [0.25, 0.3) is 0 Å². The molecule has 0 amide bonds. The summed E-state index contributed by atoms with van der Waals surface area (Å²) in [5, 5.41) is 0. The van der Waals surface area contributed by atoms with Crippen LogP contribution < -0.4 is 0 Å². The third-order valence-electron chi connectivity index (χ3n) is 1.36. The minimum Gasteiger partial charge on any atom is -0.0991 e. The molecule has 0 N–H and O–H groups in total. The monoisotopic (exact) mass is 150 g/mol. The van der Waals surface area contributed by atoms with Crippen LogP contribution in [0.2, 0.25) is 0 Å². The first-order valence-corrected chi connectivity index (χ1v) is 4.15. The maximum Gasteiger partial charge on any atom is -0.0256 e. The third-order valence-corrected chi connectivity index (χ3v) is 1.36. The van der Waals surface area contributed by atoms with Crippen molar-refractivity contribution in [1.82, 2.24) is 0 Å². The second-order valence-electron chi connectivity index (χ2n) is 3.08. The highest BCUT2D eigenvalue weighted by molar-refractivity contribution is 5.22. The van der Waals surface area contributed by atoms with E-state index in [1.54, 1.807) is 0 Å². The van der Waals surface area contributed by atoms with Crippen LogP contribution in [-0.2, 0) is 0 Å². The van der Waals surface area contributed by atoms with Gasteiger partial charge in [0.2, 0.25) is 0 Å². The molecule has 0 aliphatic heterocycles. The summed E-state index contributed by atoms with van der Waals surface area (Å²) < 4.78 is 0. The smallest absolute Gasteiger partial charge is 0.0256 e. The third kappa shape index (κ3) is 5.65. The Bertz CT molecular complexity index is 159. The van der Waals surface area contributed by atoms with Gasteiger partial charge in [-0.15, -0.1) is 0 Å². The van der Waals surface area contributed by atoms with Crippen LogP contribution >= 0.6 is 0 Å². The van der Waals surface area contributed by atoms with E-state index in [2.05, 4.69) is 38.7 Å². The minimum absolute atomic E-state index is 0.720. The highest BCUT2D eigenvalue weighted by Crippen LogP contribution is 2.11. The van der Waals surface area contributed by atoms with Gasteiger partial charge in [0.15, 0.2) is 0 Å². The molecule has 0 heteroatoms. The number of allylic oxidation sites excluding steroid dienone is 5. The van der Waals surface area contributed by atoms with E-state index in [9.17, 15) is 0 Å². The molecular weight excluding hydrogens is 132 g/mol. The summed E-state index contributed by atoms with van der Waals surface area (Å²) in [4.78, 5) is 0. The van der Waals surface area contributed by atoms with E-state index in [0.717, 1.165) is 12.3 Å². The van der Waals surface area contributed by atoms with E-state index in [4.69, 9.17) is 0 Å². The number of hydrogen-bond acceptors (Lipinski definition) is 0. The Hall–Kier alpha value is -0.780. The Morgan fingerprint density at radius 3 is 2.45 bits per heavy atom. The van der Waals surface area contributed by atoms with Crippen molar-refractivity contribution in [3.63, 3.8) is 0 Å². The van der Waals surface area contributed by atoms with Crippen molar-refractivity contribution in [2.45, 2.75) is 27.2 Å². The molecule has 0 rings (SSSR count). The first kappa shape index (κ1) is 10.2. The fraction of sp³-hybridized carbons (Fsp3) is 0.455. The summed E-state index contributed by atoms with van der Waals surface area (Å²) in [7, 11) is 0. The van der Waals surface area contributed by atoms with Gasteiger partial charge in [-0.2, -0.15) is 0 Å². The van der Waals surface area contributed by atoms with Gasteiger partial charge in [0.1, 0.15) is 0 Å². The lowest BCUT2D eigenvalue weighted by atomic mass is 10.0. The molecule has 0 fully saturated rings. The van der Waals surface area contributed by atoms with E-state index in [1.807, 2.05) is 13.0 Å². The van der Waals surface area contributed by atoms with Gasteiger partial charge in [0, 0.05) is 0 Å². The predicted octanol–water partition coefficient (Wildman–Crippen LogP) is 3.72. The van der Waals surface area contributed by atoms with E-state index in [-0.39, 0.29) is 0 Å². The Balaban J connectivity index is 4.11. The normalized spacial score (nSPS) is 12.9. The molecule has 0 nitrogen and oxygen atoms in total. The second-order valence-corrected chi connectivity index (χ2v) is 3.08. The SMILES string of the molecule is C=C/C=C(\C=C/C)CC(C)C. The van der Waals surface area contributed by atoms with E-state index in [1.165, 1.54) is 5.57 Å². The fourth-order valence-electron chi connectivity index (χ4n) is 1.03. The van der Waals surface area contributed by atoms with Gasteiger partial charge < -0.3 is 0 Å². The van der Waals surface area contributed by atoms with Crippen molar-refractivity contribution < 1.29 is 0 Å². The van der Waals surface area contributed by atoms with Crippen LogP contribution in [-0.4, -0.2) is 0 Å². The highest BCUT2D eigenvalue weighted by atomic mass is 14.0. The van der Waals surface area contributed by atoms with Crippen LogP contribution in [0.3, 0.4) is 0 Å². The van der Waals surface area contributed by atoms with Crippen molar-refractivity contribution in [3.8, 4) is 0 Å². The minimum atomic E-state index is 0.720. The standard InChI is InChI=1S/C11H18/c1-5-7-11(8-6-2)9-10(3)4/h5-8,10H,1,9H2,2-4H3/b8-6-,11-7+. The van der Waals surface area contributed by atoms with Crippen LogP contribution in [0, 0.1) is 5.92 Å². The zero-order valence-corrected chi connectivity index (χ0v) is 7.80. The summed E-state index contributed by atoms with van der Waals surface area (Å²) in [5.74, 6) is 0.720. The van der Waals surface area contributed by atoms with Crippen molar-refractivity contribution in [2.24, 2.45) is 5.92 Å². The molecule has 0 aliphatic carbocycles. The van der Waals surface area contributed by atoms with Gasteiger partial charge in [-0.05, 0) is 24.8 Å². The molecule has 0 aromatic heterocycles. The van der Waals surface area contributed by atoms with Gasteiger partial charge >= 0.3 is 0 Å². The molecule has 0 radical (unpaired) electrons. The van der Waals surface area contributed by atoms with Crippen molar-refractivity contribution in [3.05, 3.63) is 36.5 Å². The number of hydrogen-bond donors (Lipinski definition) is 0. The van der Waals surface area contributed by atoms with Gasteiger partial charge in [-0.25, -0.2) is 0 Å². The molecule has 0 bridgehead atoms. The van der Waals surface area contributed by atoms with E-state index in [0.29, 0.717) is 0 Å². The summed E-state index contributed by atoms with van der Waals surface area (Å²) >= 11 is 0. The van der Waals surface area contributed by atoms with E-state index >= 15 is 0 Å². The second kappa shape index (κ2) is 5.96. The average molecular weight is 150 g/mol. The Morgan fingerprint density at radius 2 is 2.09 bits per heavy atom. The summed E-state index contributed by atoms with van der Waals surface area (Å²) in [5.41, 5.74) is 1.36. The van der Waals surface area contributed by atoms with Crippen LogP contribution in [0.5, 0.6) is 0 Å². The summed E-state index contributed by atoms with van der Waals surface area (Å²) in [6.45, 7) is 10.2. The lowest BCUT2D eigenvalue weighted by Crippen LogP contribution is -1.88. The molecule has 11 heavy (non-hydrogen) atoms. The lowest BCUT2D eigenvalue weighted by Gasteiger charge is -2.03. The highest BCUT2D eigenvalue weighted by Gasteiger charge is 1.95. The molecule has 62 valence electrons. The average Bonchev–Trinajstić information content (AvgIpc) is 1.87. The molecule has 0 aliphatic rings. The van der Waals surface area contributed by atoms with Gasteiger partial charge in [0.05, 0.1) is 0 Å². The first-order chi connectivity index (χ1) is 5.20. The zero-order valence-electron chi connectivity index (χ0n) is 7.80.